The van der Waals surface area contributed by atoms with Crippen LogP contribution < -0.4 is 5.01 Å². The smallest absolute Gasteiger partial charge is 0.387 e. The van der Waals surface area contributed by atoms with Gasteiger partial charge in [0.1, 0.15) is 5.92 Å². The Morgan fingerprint density at radius 3 is 2.15 bits per heavy atom. The maximum absolute atomic E-state index is 13.5. The Morgan fingerprint density at radius 2 is 1.62 bits per heavy atom. The van der Waals surface area contributed by atoms with Gasteiger partial charge < -0.3 is 5.11 Å². The minimum absolute atomic E-state index is 0.0440. The first-order chi connectivity index (χ1) is 12.2. The van der Waals surface area contributed by atoms with E-state index < -0.39 is 29.8 Å². The number of alkyl halides is 3. The highest BCUT2D eigenvalue weighted by molar-refractivity contribution is 6.36. The first kappa shape index (κ1) is 18.7. The average molecular weight is 403 g/mol. The summed E-state index contributed by atoms with van der Waals surface area (Å²) >= 11 is 12.0. The fourth-order valence-corrected chi connectivity index (χ4v) is 3.32. The Balaban J connectivity index is 2.08. The maximum atomic E-state index is 13.5. The van der Waals surface area contributed by atoms with Crippen LogP contribution in [0.4, 0.5) is 18.9 Å². The Kier molecular flexibility index (Phi) is 4.96. The zero-order valence-corrected chi connectivity index (χ0v) is 14.4. The molecule has 3 rings (SSSR count). The van der Waals surface area contributed by atoms with Gasteiger partial charge in [0.2, 0.25) is 0 Å². The van der Waals surface area contributed by atoms with Crippen molar-refractivity contribution in [2.45, 2.75) is 12.3 Å². The summed E-state index contributed by atoms with van der Waals surface area (Å²) in [5.41, 5.74) is -1.41. The normalized spacial score (nSPS) is 18.8. The number of halogens is 5. The molecule has 1 aliphatic heterocycles. The zero-order valence-electron chi connectivity index (χ0n) is 12.9. The molecule has 1 heterocycles. The minimum atomic E-state index is -4.92. The van der Waals surface area contributed by atoms with E-state index in [0.29, 0.717) is 5.01 Å². The van der Waals surface area contributed by atoms with Crippen LogP contribution in [0, 0.1) is 5.92 Å². The van der Waals surface area contributed by atoms with E-state index >= 15 is 0 Å². The number of nitrogens with zero attached hydrogens (tertiary/aromatic N) is 2. The van der Waals surface area contributed by atoms with Gasteiger partial charge in [-0.1, -0.05) is 47.5 Å². The first-order valence-electron chi connectivity index (χ1n) is 7.38. The number of rotatable bonds is 3. The van der Waals surface area contributed by atoms with Crippen LogP contribution in [0.5, 0.6) is 0 Å². The van der Waals surface area contributed by atoms with Crippen molar-refractivity contribution in [2.24, 2.45) is 11.0 Å². The second-order valence-corrected chi connectivity index (χ2v) is 6.34. The number of carbonyl (C=O) groups excluding carboxylic acids is 1. The number of amides is 1. The highest BCUT2D eigenvalue weighted by atomic mass is 35.5. The molecular weight excluding hydrogens is 392 g/mol. The quantitative estimate of drug-likeness (QED) is 0.814. The van der Waals surface area contributed by atoms with E-state index in [0.717, 1.165) is 0 Å². The number of anilines is 1. The molecule has 1 N–H and O–H groups in total. The minimum Gasteiger partial charge on any atom is -0.387 e. The lowest BCUT2D eigenvalue weighted by atomic mass is 9.90. The molecule has 2 aromatic rings. The maximum Gasteiger partial charge on any atom is 0.432 e. The van der Waals surface area contributed by atoms with Crippen LogP contribution in [0.3, 0.4) is 0 Å². The monoisotopic (exact) mass is 402 g/mol. The largest absolute Gasteiger partial charge is 0.432 e. The molecule has 9 heteroatoms. The number of para-hydroxylation sites is 1. The van der Waals surface area contributed by atoms with E-state index in [1.54, 1.807) is 18.2 Å². The van der Waals surface area contributed by atoms with Gasteiger partial charge >= 0.3 is 6.18 Å². The fraction of sp³-hybridized carbons (Fsp3) is 0.176. The standard InChI is InChI=1S/C17H11Cl2F3N2O2/c18-10-7-4-8-11(19)12(10)14(25)13-15(17(20,21)22)23-24(16(13)26)9-5-2-1-3-6-9/h1-8,13-14,25H. The molecule has 0 spiro atoms. The summed E-state index contributed by atoms with van der Waals surface area (Å²) < 4.78 is 40.4. The number of hydrogen-bond donors (Lipinski definition) is 1. The Bertz CT molecular complexity index is 852. The molecule has 26 heavy (non-hydrogen) atoms. The first-order valence-corrected chi connectivity index (χ1v) is 8.14. The zero-order chi connectivity index (χ0) is 19.1. The molecule has 2 unspecified atom stereocenters. The topological polar surface area (TPSA) is 52.9 Å². The van der Waals surface area contributed by atoms with E-state index in [2.05, 4.69) is 5.10 Å². The van der Waals surface area contributed by atoms with Crippen molar-refractivity contribution >= 4 is 40.5 Å². The van der Waals surface area contributed by atoms with Crippen molar-refractivity contribution in [3.63, 3.8) is 0 Å². The third-order valence-corrected chi connectivity index (χ3v) is 4.54. The van der Waals surface area contributed by atoms with Gasteiger partial charge in [0.05, 0.1) is 11.8 Å². The van der Waals surface area contributed by atoms with Crippen LogP contribution in [0.25, 0.3) is 0 Å². The molecule has 0 bridgehead atoms. The van der Waals surface area contributed by atoms with Gasteiger partial charge in [-0.05, 0) is 24.3 Å². The third kappa shape index (κ3) is 3.30. The van der Waals surface area contributed by atoms with Crippen molar-refractivity contribution < 1.29 is 23.1 Å². The summed E-state index contributed by atoms with van der Waals surface area (Å²) in [6.45, 7) is 0. The molecule has 2 atom stereocenters. The summed E-state index contributed by atoms with van der Waals surface area (Å²) in [6, 6.07) is 11.8. The second kappa shape index (κ2) is 6.90. The molecule has 0 saturated carbocycles. The molecular formula is C17H11Cl2F3N2O2. The van der Waals surface area contributed by atoms with Crippen LogP contribution in [0.1, 0.15) is 11.7 Å². The summed E-state index contributed by atoms with van der Waals surface area (Å²) in [4.78, 5) is 12.7. The molecule has 0 saturated heterocycles. The van der Waals surface area contributed by atoms with Gasteiger partial charge in [-0.15, -0.1) is 0 Å². The predicted octanol–water partition coefficient (Wildman–Crippen LogP) is 4.61. The fourth-order valence-electron chi connectivity index (χ4n) is 2.70. The molecule has 0 radical (unpaired) electrons. The Hall–Kier alpha value is -2.09. The van der Waals surface area contributed by atoms with E-state index in [9.17, 15) is 23.1 Å². The summed E-state index contributed by atoms with van der Waals surface area (Å²) in [7, 11) is 0. The van der Waals surface area contributed by atoms with Crippen molar-refractivity contribution in [2.75, 3.05) is 5.01 Å². The van der Waals surface area contributed by atoms with Crippen molar-refractivity contribution in [3.8, 4) is 0 Å². The van der Waals surface area contributed by atoms with Crippen LogP contribution in [-0.4, -0.2) is 22.9 Å². The number of aliphatic hydroxyl groups is 1. The van der Waals surface area contributed by atoms with Gasteiger partial charge in [-0.2, -0.15) is 23.3 Å². The molecule has 1 aliphatic rings. The summed E-state index contributed by atoms with van der Waals surface area (Å²) in [5, 5.41) is 14.5. The van der Waals surface area contributed by atoms with Gasteiger partial charge in [-0.3, -0.25) is 4.79 Å². The number of carbonyl (C=O) groups is 1. The molecule has 136 valence electrons. The average Bonchev–Trinajstić information content (AvgIpc) is 2.93. The molecule has 0 aromatic heterocycles. The predicted molar refractivity (Wildman–Crippen MR) is 92.3 cm³/mol. The number of aliphatic hydroxyl groups excluding tert-OH is 1. The Labute approximate surface area is 156 Å². The Morgan fingerprint density at radius 1 is 1.04 bits per heavy atom. The van der Waals surface area contributed by atoms with E-state index in [-0.39, 0.29) is 21.3 Å². The van der Waals surface area contributed by atoms with Gasteiger partial charge in [-0.25, -0.2) is 0 Å². The van der Waals surface area contributed by atoms with E-state index in [1.807, 2.05) is 0 Å². The lowest BCUT2D eigenvalue weighted by Crippen LogP contribution is -2.37. The highest BCUT2D eigenvalue weighted by Gasteiger charge is 2.53. The number of hydrazone groups is 1. The van der Waals surface area contributed by atoms with Crippen molar-refractivity contribution in [1.29, 1.82) is 0 Å². The van der Waals surface area contributed by atoms with Gasteiger partial charge in [0.15, 0.2) is 5.71 Å². The van der Waals surface area contributed by atoms with Crippen LogP contribution in [0.15, 0.2) is 53.6 Å². The summed E-state index contributed by atoms with van der Waals surface area (Å²) in [5.74, 6) is -3.00. The molecule has 4 nitrogen and oxygen atoms in total. The van der Waals surface area contributed by atoms with Crippen LogP contribution in [0.2, 0.25) is 10.0 Å². The second-order valence-electron chi connectivity index (χ2n) is 5.53. The number of hydrogen-bond acceptors (Lipinski definition) is 3. The lowest BCUT2D eigenvalue weighted by Gasteiger charge is -2.22. The highest BCUT2D eigenvalue weighted by Crippen LogP contribution is 2.41. The summed E-state index contributed by atoms with van der Waals surface area (Å²) in [6.07, 6.45) is -6.82. The third-order valence-electron chi connectivity index (χ3n) is 3.88. The van der Waals surface area contributed by atoms with E-state index in [1.165, 1.54) is 30.3 Å². The van der Waals surface area contributed by atoms with Crippen molar-refractivity contribution in [3.05, 3.63) is 64.1 Å². The molecule has 1 amide bonds. The van der Waals surface area contributed by atoms with Crippen molar-refractivity contribution in [1.82, 2.24) is 0 Å². The molecule has 0 fully saturated rings. The van der Waals surface area contributed by atoms with Gasteiger partial charge in [0.25, 0.3) is 5.91 Å². The van der Waals surface area contributed by atoms with Crippen LogP contribution >= 0.6 is 23.2 Å². The van der Waals surface area contributed by atoms with Crippen LogP contribution in [-0.2, 0) is 4.79 Å². The SMILES string of the molecule is O=C1C(C(O)c2c(Cl)cccc2Cl)C(C(F)(F)F)=NN1c1ccccc1. The van der Waals surface area contributed by atoms with E-state index in [4.69, 9.17) is 23.2 Å². The van der Waals surface area contributed by atoms with Gasteiger partial charge in [0, 0.05) is 15.6 Å². The molecule has 0 aliphatic carbocycles. The number of benzene rings is 2. The lowest BCUT2D eigenvalue weighted by molar-refractivity contribution is -0.123. The molecule has 2 aromatic carbocycles.